The Morgan fingerprint density at radius 2 is 1.43 bits per heavy atom. The van der Waals surface area contributed by atoms with Gasteiger partial charge in [-0.3, -0.25) is 9.59 Å². The second-order valence-electron chi connectivity index (χ2n) is 9.42. The van der Waals surface area contributed by atoms with Crippen molar-refractivity contribution in [1.82, 2.24) is 21.3 Å². The summed E-state index contributed by atoms with van der Waals surface area (Å²) >= 11 is 0. The minimum atomic E-state index is -5.36. The molecule has 42 heavy (non-hydrogen) atoms. The number of urea groups is 1. The molecule has 2 aromatic rings. The second kappa shape index (κ2) is 16.6. The molecular formula is C28H33F3N4O7. The molecule has 0 aliphatic heterocycles. The molecule has 2 rings (SSSR count). The van der Waals surface area contributed by atoms with Crippen molar-refractivity contribution in [2.24, 2.45) is 0 Å². The smallest absolute Gasteiger partial charge is 0.347 e. The molecular weight excluding hydrogens is 561 g/mol. The van der Waals surface area contributed by atoms with Crippen LogP contribution in [0.4, 0.5) is 18.0 Å². The minimum absolute atomic E-state index is 0.00672. The number of amides is 4. The molecule has 0 aromatic heterocycles. The first-order chi connectivity index (χ1) is 19.8. The lowest BCUT2D eigenvalue weighted by molar-refractivity contribution is -0.286. The van der Waals surface area contributed by atoms with E-state index in [1.54, 1.807) is 24.3 Å². The van der Waals surface area contributed by atoms with Crippen molar-refractivity contribution in [3.8, 4) is 11.1 Å². The second-order valence-corrected chi connectivity index (χ2v) is 9.42. The maximum Gasteiger partial charge on any atom is 0.495 e. The molecule has 11 nitrogen and oxygen atoms in total. The number of nitrogens with one attached hydrogen (secondary N) is 4. The van der Waals surface area contributed by atoms with E-state index in [-0.39, 0.29) is 18.5 Å². The van der Waals surface area contributed by atoms with Gasteiger partial charge >= 0.3 is 24.1 Å². The van der Waals surface area contributed by atoms with Gasteiger partial charge in [-0.2, -0.15) is 13.2 Å². The van der Waals surface area contributed by atoms with Crippen molar-refractivity contribution in [3.63, 3.8) is 0 Å². The third-order valence-electron chi connectivity index (χ3n) is 5.55. The molecule has 0 saturated heterocycles. The van der Waals surface area contributed by atoms with Crippen LogP contribution in [0.15, 0.2) is 54.6 Å². The molecule has 4 amide bonds. The number of alkyl halides is 3. The highest BCUT2D eigenvalue weighted by Crippen LogP contribution is 2.24. The van der Waals surface area contributed by atoms with E-state index in [2.05, 4.69) is 31.0 Å². The number of unbranched alkanes of at least 4 members (excludes halogenated alkanes) is 1. The van der Waals surface area contributed by atoms with Crippen LogP contribution in [-0.4, -0.2) is 55.1 Å². The summed E-state index contributed by atoms with van der Waals surface area (Å²) in [5, 5.41) is 10.3. The zero-order valence-corrected chi connectivity index (χ0v) is 23.1. The van der Waals surface area contributed by atoms with Crippen LogP contribution in [0.25, 0.3) is 11.1 Å². The Morgan fingerprint density at radius 3 is 2.05 bits per heavy atom. The standard InChI is InChI=1S/C28H33F3N4O7/c1-18(2)34-27(40)32-15-7-6-10-23(36)33-17-24(37)35-22(16-25(38)41-42-26(39)28(29,30)31)21-13-11-20(12-14-21)19-8-4-3-5-9-19/h3-5,8-9,11-14,18,22H,6-7,10,15-17H2,1-2H3,(H,33,36)(H,35,37)(H2,32,34,40). The van der Waals surface area contributed by atoms with Crippen LogP contribution in [0.5, 0.6) is 0 Å². The third kappa shape index (κ3) is 12.7. The van der Waals surface area contributed by atoms with Gasteiger partial charge in [-0.05, 0) is 43.4 Å². The Kier molecular flexibility index (Phi) is 13.3. The van der Waals surface area contributed by atoms with Gasteiger partial charge in [0, 0.05) is 19.0 Å². The zero-order chi connectivity index (χ0) is 31.1. The van der Waals surface area contributed by atoms with Gasteiger partial charge in [-0.15, -0.1) is 0 Å². The lowest BCUT2D eigenvalue weighted by Gasteiger charge is -2.19. The van der Waals surface area contributed by atoms with Crippen LogP contribution in [0.2, 0.25) is 0 Å². The van der Waals surface area contributed by atoms with Gasteiger partial charge in [0.25, 0.3) is 0 Å². The molecule has 0 aliphatic rings. The number of halogens is 3. The number of carbonyl (C=O) groups excluding carboxylic acids is 5. The highest BCUT2D eigenvalue weighted by molar-refractivity contribution is 5.85. The van der Waals surface area contributed by atoms with Crippen LogP contribution >= 0.6 is 0 Å². The molecule has 0 bridgehead atoms. The summed E-state index contributed by atoms with van der Waals surface area (Å²) in [5.74, 6) is -5.16. The Hall–Kier alpha value is -4.62. The molecule has 228 valence electrons. The molecule has 1 unspecified atom stereocenters. The minimum Gasteiger partial charge on any atom is -0.347 e. The summed E-state index contributed by atoms with van der Waals surface area (Å²) in [4.78, 5) is 66.7. The summed E-state index contributed by atoms with van der Waals surface area (Å²) < 4.78 is 37.0. The molecule has 1 atom stereocenters. The van der Waals surface area contributed by atoms with E-state index >= 15 is 0 Å². The van der Waals surface area contributed by atoms with Gasteiger partial charge in [0.1, 0.15) is 0 Å². The van der Waals surface area contributed by atoms with E-state index in [9.17, 15) is 37.1 Å². The molecule has 4 N–H and O–H groups in total. The van der Waals surface area contributed by atoms with E-state index in [4.69, 9.17) is 0 Å². The predicted molar refractivity (Wildman–Crippen MR) is 144 cm³/mol. The number of benzene rings is 2. The molecule has 2 aromatic carbocycles. The maximum absolute atomic E-state index is 12.6. The molecule has 14 heteroatoms. The normalized spacial score (nSPS) is 11.7. The largest absolute Gasteiger partial charge is 0.495 e. The van der Waals surface area contributed by atoms with Gasteiger partial charge in [-0.1, -0.05) is 54.6 Å². The van der Waals surface area contributed by atoms with Crippen molar-refractivity contribution < 1.29 is 46.9 Å². The van der Waals surface area contributed by atoms with E-state index in [1.165, 1.54) is 0 Å². The average molecular weight is 595 g/mol. The molecule has 0 spiro atoms. The van der Waals surface area contributed by atoms with Crippen molar-refractivity contribution in [3.05, 3.63) is 60.2 Å². The van der Waals surface area contributed by atoms with Crippen molar-refractivity contribution in [2.45, 2.75) is 57.8 Å². The van der Waals surface area contributed by atoms with Gasteiger partial charge in [0.2, 0.25) is 11.8 Å². The topological polar surface area (TPSA) is 152 Å². The number of hydrogen-bond donors (Lipinski definition) is 4. The van der Waals surface area contributed by atoms with Crippen LogP contribution in [0, 0.1) is 0 Å². The fourth-order valence-electron chi connectivity index (χ4n) is 3.56. The number of hydrogen-bond acceptors (Lipinski definition) is 7. The number of carbonyl (C=O) groups is 5. The molecule has 0 aliphatic carbocycles. The summed E-state index contributed by atoms with van der Waals surface area (Å²) in [6.07, 6.45) is -4.95. The maximum atomic E-state index is 12.6. The van der Waals surface area contributed by atoms with E-state index in [0.29, 0.717) is 24.9 Å². The fraction of sp³-hybridized carbons (Fsp3) is 0.393. The van der Waals surface area contributed by atoms with Crippen molar-refractivity contribution in [2.75, 3.05) is 13.1 Å². The van der Waals surface area contributed by atoms with Crippen molar-refractivity contribution >= 4 is 29.8 Å². The van der Waals surface area contributed by atoms with Gasteiger partial charge in [0.05, 0.1) is 19.0 Å². The van der Waals surface area contributed by atoms with E-state index < -0.39 is 48.9 Å². The highest BCUT2D eigenvalue weighted by atomic mass is 19.4. The molecule has 0 fully saturated rings. The highest BCUT2D eigenvalue weighted by Gasteiger charge is 2.43. The lowest BCUT2D eigenvalue weighted by atomic mass is 9.99. The summed E-state index contributed by atoms with van der Waals surface area (Å²) in [5.41, 5.74) is 2.14. The summed E-state index contributed by atoms with van der Waals surface area (Å²) in [6.45, 7) is 3.58. The SMILES string of the molecule is CC(C)NC(=O)NCCCCC(=O)NCC(=O)NC(CC(=O)OOC(=O)C(F)(F)F)c1ccc(-c2ccccc2)cc1. The first-order valence-electron chi connectivity index (χ1n) is 13.1. The molecule has 0 saturated carbocycles. The average Bonchev–Trinajstić information content (AvgIpc) is 2.94. The Bertz CT molecular complexity index is 1210. The molecule has 0 radical (unpaired) electrons. The summed E-state index contributed by atoms with van der Waals surface area (Å²) in [7, 11) is 0. The summed E-state index contributed by atoms with van der Waals surface area (Å²) in [6, 6.07) is 14.6. The number of rotatable bonds is 13. The van der Waals surface area contributed by atoms with E-state index in [0.717, 1.165) is 11.1 Å². The third-order valence-corrected chi connectivity index (χ3v) is 5.55. The van der Waals surface area contributed by atoms with Gasteiger partial charge < -0.3 is 21.3 Å². The predicted octanol–water partition coefficient (Wildman–Crippen LogP) is 3.46. The molecule has 0 heterocycles. The quantitative estimate of drug-likeness (QED) is 0.158. The van der Waals surface area contributed by atoms with E-state index in [1.807, 2.05) is 44.2 Å². The first-order valence-corrected chi connectivity index (χ1v) is 13.1. The fourth-order valence-corrected chi connectivity index (χ4v) is 3.56. The van der Waals surface area contributed by atoms with Crippen LogP contribution < -0.4 is 21.3 Å². The van der Waals surface area contributed by atoms with Gasteiger partial charge in [-0.25, -0.2) is 24.2 Å². The Balaban J connectivity index is 1.93. The van der Waals surface area contributed by atoms with Crippen LogP contribution in [-0.2, 0) is 29.0 Å². The first kappa shape index (κ1) is 33.6. The van der Waals surface area contributed by atoms with Crippen LogP contribution in [0.1, 0.15) is 51.1 Å². The van der Waals surface area contributed by atoms with Gasteiger partial charge in [0.15, 0.2) is 0 Å². The Labute approximate surface area is 240 Å². The van der Waals surface area contributed by atoms with Crippen molar-refractivity contribution in [1.29, 1.82) is 0 Å². The Morgan fingerprint density at radius 1 is 0.786 bits per heavy atom. The zero-order valence-electron chi connectivity index (χ0n) is 23.1. The lowest BCUT2D eigenvalue weighted by Crippen LogP contribution is -2.40. The monoisotopic (exact) mass is 594 g/mol. The van der Waals surface area contributed by atoms with Crippen LogP contribution in [0.3, 0.4) is 0 Å².